The number of para-hydroxylation sites is 2. The summed E-state index contributed by atoms with van der Waals surface area (Å²) in [5.41, 5.74) is 5.04. The summed E-state index contributed by atoms with van der Waals surface area (Å²) in [4.78, 5) is 14.3. The Labute approximate surface area is 246 Å². The second-order valence-electron chi connectivity index (χ2n) is 9.10. The predicted octanol–water partition coefficient (Wildman–Crippen LogP) is 6.39. The molecule has 0 saturated heterocycles. The fourth-order valence-electron chi connectivity index (χ4n) is 5.13. The smallest absolute Gasteiger partial charge is 0.197 e. The van der Waals surface area contributed by atoms with Gasteiger partial charge in [0.25, 0.3) is 0 Å². The van der Waals surface area contributed by atoms with E-state index >= 15 is 0 Å². The molecular weight excluding hydrogens is 536 g/mol. The third kappa shape index (κ3) is 5.33. The summed E-state index contributed by atoms with van der Waals surface area (Å²) in [5, 5.41) is 6.48. The average molecular weight is 573 g/mol. The molecule has 0 aliphatic rings. The zero-order valence-electron chi connectivity index (χ0n) is 25.1. The predicted molar refractivity (Wildman–Crippen MR) is 166 cm³/mol. The van der Waals surface area contributed by atoms with Crippen molar-refractivity contribution < 1.29 is 33.2 Å². The highest BCUT2D eigenvalue weighted by Crippen LogP contribution is 2.48. The molecule has 0 saturated carbocycles. The Morgan fingerprint density at radius 2 is 0.857 bits per heavy atom. The van der Waals surface area contributed by atoms with Gasteiger partial charge >= 0.3 is 0 Å². The van der Waals surface area contributed by atoms with Gasteiger partial charge in [-0.05, 0) is 12.1 Å². The molecule has 42 heavy (non-hydrogen) atoms. The van der Waals surface area contributed by atoms with Crippen molar-refractivity contribution in [3.63, 3.8) is 0 Å². The number of hydrogen-bond donors (Lipinski definition) is 2. The van der Waals surface area contributed by atoms with Crippen molar-refractivity contribution in [1.29, 1.82) is 0 Å². The van der Waals surface area contributed by atoms with Gasteiger partial charge in [-0.25, -0.2) is 0 Å². The molecule has 0 heterocycles. The molecule has 0 amide bonds. The van der Waals surface area contributed by atoms with Crippen molar-refractivity contribution in [3.8, 4) is 56.8 Å². The zero-order valence-corrected chi connectivity index (χ0v) is 25.1. The number of hydrogen-bond acceptors (Lipinski definition) is 9. The maximum Gasteiger partial charge on any atom is 0.197 e. The molecule has 4 aromatic carbocycles. The van der Waals surface area contributed by atoms with Gasteiger partial charge in [0.1, 0.15) is 34.5 Å². The van der Waals surface area contributed by atoms with E-state index in [1.807, 2.05) is 24.3 Å². The molecule has 0 radical (unpaired) electrons. The first-order valence-electron chi connectivity index (χ1n) is 13.2. The van der Waals surface area contributed by atoms with E-state index < -0.39 is 0 Å². The number of benzene rings is 4. The van der Waals surface area contributed by atoms with Gasteiger partial charge in [-0.3, -0.25) is 4.79 Å². The number of carbonyl (C=O) groups is 1. The van der Waals surface area contributed by atoms with Crippen LogP contribution >= 0.6 is 0 Å². The molecule has 220 valence electrons. The van der Waals surface area contributed by atoms with Gasteiger partial charge in [0.05, 0.1) is 65.2 Å². The van der Waals surface area contributed by atoms with Gasteiger partial charge in [0.15, 0.2) is 5.78 Å². The van der Waals surface area contributed by atoms with Crippen LogP contribution in [0, 0.1) is 0 Å². The third-order valence-electron chi connectivity index (χ3n) is 7.09. The fourth-order valence-corrected chi connectivity index (χ4v) is 5.13. The molecule has 0 aliphatic heterocycles. The molecule has 4 rings (SSSR count). The van der Waals surface area contributed by atoms with Crippen LogP contribution in [0.3, 0.4) is 0 Å². The summed E-state index contributed by atoms with van der Waals surface area (Å²) < 4.78 is 33.7. The van der Waals surface area contributed by atoms with Crippen LogP contribution in [0.5, 0.6) is 34.5 Å². The van der Waals surface area contributed by atoms with Crippen LogP contribution in [0.15, 0.2) is 60.7 Å². The van der Waals surface area contributed by atoms with Crippen molar-refractivity contribution in [2.45, 2.75) is 0 Å². The lowest BCUT2D eigenvalue weighted by atomic mass is 9.91. The summed E-state index contributed by atoms with van der Waals surface area (Å²) in [7, 11) is 13.0. The number of ketones is 1. The first kappa shape index (κ1) is 29.9. The summed E-state index contributed by atoms with van der Waals surface area (Å²) in [6.45, 7) is 0. The fraction of sp³-hybridized carbons (Fsp3) is 0.242. The van der Waals surface area contributed by atoms with E-state index in [1.54, 1.807) is 93.2 Å². The van der Waals surface area contributed by atoms with Gasteiger partial charge in [0, 0.05) is 60.6 Å². The average Bonchev–Trinajstić information content (AvgIpc) is 3.05. The van der Waals surface area contributed by atoms with E-state index in [1.165, 1.54) is 0 Å². The van der Waals surface area contributed by atoms with E-state index in [9.17, 15) is 4.79 Å². The molecule has 4 aromatic rings. The van der Waals surface area contributed by atoms with E-state index in [0.29, 0.717) is 68.1 Å². The van der Waals surface area contributed by atoms with Gasteiger partial charge < -0.3 is 39.1 Å². The quantitative estimate of drug-likeness (QED) is 0.187. The summed E-state index contributed by atoms with van der Waals surface area (Å²) in [6.07, 6.45) is 0. The number of rotatable bonds is 12. The van der Waals surface area contributed by atoms with Crippen molar-refractivity contribution in [2.24, 2.45) is 0 Å². The molecule has 0 aliphatic carbocycles. The van der Waals surface area contributed by atoms with Crippen LogP contribution in [0.25, 0.3) is 22.3 Å². The molecule has 9 heteroatoms. The second kappa shape index (κ2) is 13.1. The van der Waals surface area contributed by atoms with Crippen LogP contribution < -0.4 is 39.1 Å². The molecule has 0 aromatic heterocycles. The largest absolute Gasteiger partial charge is 0.496 e. The number of ether oxygens (including phenoxy) is 6. The van der Waals surface area contributed by atoms with E-state index in [-0.39, 0.29) is 5.78 Å². The Hall–Kier alpha value is -5.05. The minimum Gasteiger partial charge on any atom is -0.496 e. The maximum absolute atomic E-state index is 14.3. The Morgan fingerprint density at radius 1 is 0.524 bits per heavy atom. The van der Waals surface area contributed by atoms with Crippen LogP contribution in [-0.2, 0) is 0 Å². The Kier molecular flexibility index (Phi) is 9.32. The van der Waals surface area contributed by atoms with Crippen LogP contribution in [0.4, 0.5) is 11.4 Å². The van der Waals surface area contributed by atoms with E-state index in [4.69, 9.17) is 28.4 Å². The minimum absolute atomic E-state index is 0.190. The SMILES string of the molecule is CNc1c(C(=O)c2cccc(-c3c(OC)cc(OC)cc3OC)c2NC)cccc1-c1c(OC)cc(OC)cc1OC. The molecule has 0 atom stereocenters. The number of carbonyl (C=O) groups excluding carboxylic acids is 1. The molecule has 0 spiro atoms. The maximum atomic E-state index is 14.3. The van der Waals surface area contributed by atoms with Crippen molar-refractivity contribution in [3.05, 3.63) is 71.8 Å². The molecule has 9 nitrogen and oxygen atoms in total. The van der Waals surface area contributed by atoms with Gasteiger partial charge in [-0.2, -0.15) is 0 Å². The van der Waals surface area contributed by atoms with Gasteiger partial charge in [0.2, 0.25) is 0 Å². The topological polar surface area (TPSA) is 96.5 Å². The summed E-state index contributed by atoms with van der Waals surface area (Å²) in [6, 6.07) is 18.2. The van der Waals surface area contributed by atoms with Gasteiger partial charge in [-0.15, -0.1) is 0 Å². The standard InChI is InChI=1S/C33H36N2O7/c1-34-31-21(29-25(39-5)15-19(37-3)16-26(29)40-6)11-9-13-23(31)33(36)24-14-10-12-22(32(24)35-2)30-27(41-7)17-20(38-4)18-28(30)42-8/h9-18,34-35H,1-8H3. The normalized spacial score (nSPS) is 10.5. The number of nitrogens with one attached hydrogen (secondary N) is 2. The molecule has 0 unspecified atom stereocenters. The van der Waals surface area contributed by atoms with E-state index in [0.717, 1.165) is 11.1 Å². The molecule has 2 N–H and O–H groups in total. The lowest BCUT2D eigenvalue weighted by Gasteiger charge is -2.21. The molecule has 0 fully saturated rings. The highest BCUT2D eigenvalue weighted by Gasteiger charge is 2.26. The first-order valence-corrected chi connectivity index (χ1v) is 13.2. The molecular formula is C33H36N2O7. The van der Waals surface area contributed by atoms with Crippen molar-refractivity contribution in [1.82, 2.24) is 0 Å². The monoisotopic (exact) mass is 572 g/mol. The second-order valence-corrected chi connectivity index (χ2v) is 9.10. The Morgan fingerprint density at radius 3 is 1.12 bits per heavy atom. The van der Waals surface area contributed by atoms with Crippen LogP contribution in [0.2, 0.25) is 0 Å². The van der Waals surface area contributed by atoms with Gasteiger partial charge in [-0.1, -0.05) is 24.3 Å². The number of anilines is 2. The van der Waals surface area contributed by atoms with Crippen LogP contribution in [-0.4, -0.2) is 62.5 Å². The third-order valence-corrected chi connectivity index (χ3v) is 7.09. The zero-order chi connectivity index (χ0) is 30.4. The van der Waals surface area contributed by atoms with Crippen molar-refractivity contribution in [2.75, 3.05) is 67.4 Å². The summed E-state index contributed by atoms with van der Waals surface area (Å²) in [5.74, 6) is 3.17. The lowest BCUT2D eigenvalue weighted by Crippen LogP contribution is -2.10. The highest BCUT2D eigenvalue weighted by molar-refractivity contribution is 6.18. The van der Waals surface area contributed by atoms with Crippen molar-refractivity contribution >= 4 is 17.2 Å². The Bertz CT molecular complexity index is 1430. The highest BCUT2D eigenvalue weighted by atomic mass is 16.5. The minimum atomic E-state index is -0.190. The number of methoxy groups -OCH3 is 6. The lowest BCUT2D eigenvalue weighted by molar-refractivity contribution is 0.104. The van der Waals surface area contributed by atoms with E-state index in [2.05, 4.69) is 10.6 Å². The van der Waals surface area contributed by atoms with Crippen LogP contribution in [0.1, 0.15) is 15.9 Å². The Balaban J connectivity index is 1.94. The molecule has 0 bridgehead atoms. The first-order chi connectivity index (χ1) is 20.4. The summed E-state index contributed by atoms with van der Waals surface area (Å²) >= 11 is 0.